The molecule has 0 radical (unpaired) electrons. The first-order chi connectivity index (χ1) is 23.4. The number of hydrogen-bond acceptors (Lipinski definition) is 11. The van der Waals surface area contributed by atoms with E-state index < -0.39 is 47.6 Å². The molecule has 2 aromatic carbocycles. The number of carbonyl (C=O) groups is 3. The molecule has 2 aromatic heterocycles. The average Bonchev–Trinajstić information content (AvgIpc) is 3.83. The van der Waals surface area contributed by atoms with Crippen molar-refractivity contribution in [2.45, 2.75) is 83.9 Å². The maximum Gasteiger partial charge on any atom is 0.360 e. The van der Waals surface area contributed by atoms with Crippen LogP contribution in [0.2, 0.25) is 0 Å². The summed E-state index contributed by atoms with van der Waals surface area (Å²) >= 11 is 0. The molecule has 0 saturated carbocycles. The molecule has 13 nitrogen and oxygen atoms in total. The van der Waals surface area contributed by atoms with Crippen LogP contribution in [-0.4, -0.2) is 57.3 Å². The number of benzene rings is 2. The third-order valence-electron chi connectivity index (χ3n) is 9.21. The van der Waals surface area contributed by atoms with E-state index >= 15 is 0 Å². The zero-order valence-electron chi connectivity index (χ0n) is 28.1. The quantitative estimate of drug-likeness (QED) is 0.207. The molecule has 2 amide bonds. The number of oxazole rings is 2. The van der Waals surface area contributed by atoms with E-state index in [-0.39, 0.29) is 47.5 Å². The van der Waals surface area contributed by atoms with Gasteiger partial charge in [-0.05, 0) is 48.9 Å². The van der Waals surface area contributed by atoms with Crippen LogP contribution in [0.25, 0.3) is 11.6 Å². The van der Waals surface area contributed by atoms with Crippen LogP contribution in [0.1, 0.15) is 86.4 Å². The zero-order valence-corrected chi connectivity index (χ0v) is 28.1. The first-order valence-electron chi connectivity index (χ1n) is 16.5. The predicted molar refractivity (Wildman–Crippen MR) is 176 cm³/mol. The lowest BCUT2D eigenvalue weighted by molar-refractivity contribution is -0.135. The zero-order chi connectivity index (χ0) is 34.8. The predicted octanol–water partition coefficient (Wildman–Crippen LogP) is 4.24. The van der Waals surface area contributed by atoms with Gasteiger partial charge in [0.05, 0.1) is 6.10 Å². The van der Waals surface area contributed by atoms with E-state index in [9.17, 15) is 19.5 Å². The normalized spacial score (nSPS) is 22.7. The molecule has 4 aromatic rings. The fourth-order valence-corrected chi connectivity index (χ4v) is 6.76. The third kappa shape index (κ3) is 5.32. The Hall–Kier alpha value is -5.17. The molecule has 5 atom stereocenters. The van der Waals surface area contributed by atoms with Gasteiger partial charge in [-0.3, -0.25) is 9.59 Å². The Balaban J connectivity index is 1.46. The Kier molecular flexibility index (Phi) is 7.97. The van der Waals surface area contributed by atoms with Crippen LogP contribution in [0.15, 0.2) is 57.6 Å². The molecule has 5 heterocycles. The van der Waals surface area contributed by atoms with Crippen LogP contribution >= 0.6 is 0 Å². The fraction of sp³-hybridized carbons (Fsp3) is 0.417. The van der Waals surface area contributed by atoms with Gasteiger partial charge in [0.15, 0.2) is 23.4 Å². The number of carbonyl (C=O) groups excluding carboxylic acids is 3. The number of fused-ring (bicyclic) bond motifs is 4. The molecule has 1 unspecified atom stereocenters. The Morgan fingerprint density at radius 2 is 1.82 bits per heavy atom. The summed E-state index contributed by atoms with van der Waals surface area (Å²) in [5.74, 6) is -1.19. The van der Waals surface area contributed by atoms with Gasteiger partial charge in [-0.1, -0.05) is 58.0 Å². The summed E-state index contributed by atoms with van der Waals surface area (Å²) in [5.41, 5.74) is 2.27. The number of aromatic nitrogens is 2. The minimum absolute atomic E-state index is 0.0272. The van der Waals surface area contributed by atoms with Crippen molar-refractivity contribution in [2.24, 2.45) is 11.8 Å². The molecule has 1 spiro atoms. The summed E-state index contributed by atoms with van der Waals surface area (Å²) in [7, 11) is 0. The van der Waals surface area contributed by atoms with Crippen molar-refractivity contribution in [3.8, 4) is 17.3 Å². The monoisotopic (exact) mass is 669 g/mol. The molecular weight excluding hydrogens is 630 g/mol. The summed E-state index contributed by atoms with van der Waals surface area (Å²) in [6.45, 7) is 10.8. The molecule has 0 aliphatic carbocycles. The highest BCUT2D eigenvalue weighted by Gasteiger charge is 2.61. The molecule has 3 aliphatic rings. The summed E-state index contributed by atoms with van der Waals surface area (Å²) in [4.78, 5) is 49.3. The summed E-state index contributed by atoms with van der Waals surface area (Å²) in [5, 5.41) is 19.8. The van der Waals surface area contributed by atoms with Crippen LogP contribution in [0.4, 0.5) is 5.69 Å². The maximum absolute atomic E-state index is 14.0. The topological polar surface area (TPSA) is 178 Å². The van der Waals surface area contributed by atoms with Gasteiger partial charge in [0.25, 0.3) is 0 Å². The number of anilines is 1. The lowest BCUT2D eigenvalue weighted by atomic mass is 9.72. The van der Waals surface area contributed by atoms with Crippen molar-refractivity contribution < 1.29 is 37.8 Å². The second-order valence-corrected chi connectivity index (χ2v) is 13.7. The minimum Gasteiger partial charge on any atom is -0.469 e. The molecule has 49 heavy (non-hydrogen) atoms. The first kappa shape index (κ1) is 32.4. The minimum atomic E-state index is -1.30. The number of ether oxygens (including phenoxy) is 2. The lowest BCUT2D eigenvalue weighted by Gasteiger charge is -2.29. The molecule has 3 aliphatic heterocycles. The van der Waals surface area contributed by atoms with E-state index in [2.05, 4.69) is 20.9 Å². The number of nitrogens with zero attached hydrogens (tertiary/aromatic N) is 2. The second-order valence-electron chi connectivity index (χ2n) is 13.7. The first-order valence-corrected chi connectivity index (χ1v) is 16.5. The second kappa shape index (κ2) is 12.1. The van der Waals surface area contributed by atoms with Gasteiger partial charge >= 0.3 is 5.97 Å². The van der Waals surface area contributed by atoms with Gasteiger partial charge < -0.3 is 39.4 Å². The SMILES string of the molecule is CC(C)OC(=O)c1coc(-c2nc3oc2[C@@]24c5ccccc5NC2Oc2ccc(cc24)C[C@H](NC(=O)[C@@H](O)C(C)C)C(=O)N[C@H]3C(C)C)n1. The summed E-state index contributed by atoms with van der Waals surface area (Å²) in [6, 6.07) is 11.6. The highest BCUT2D eigenvalue weighted by atomic mass is 16.5. The van der Waals surface area contributed by atoms with Crippen LogP contribution in [0.5, 0.6) is 5.75 Å². The molecule has 256 valence electrons. The van der Waals surface area contributed by atoms with Crippen molar-refractivity contribution in [2.75, 3.05) is 5.32 Å². The summed E-state index contributed by atoms with van der Waals surface area (Å²) in [6.07, 6.45) is -0.969. The number of rotatable bonds is 7. The van der Waals surface area contributed by atoms with E-state index in [0.717, 1.165) is 22.4 Å². The van der Waals surface area contributed by atoms with Crippen molar-refractivity contribution in [1.29, 1.82) is 0 Å². The number of nitrogens with one attached hydrogen (secondary N) is 3. The molecule has 7 rings (SSSR count). The van der Waals surface area contributed by atoms with Crippen molar-refractivity contribution >= 4 is 23.5 Å². The Morgan fingerprint density at radius 1 is 1.04 bits per heavy atom. The number of amides is 2. The van der Waals surface area contributed by atoms with Gasteiger partial charge in [0, 0.05) is 17.7 Å². The van der Waals surface area contributed by atoms with Gasteiger partial charge in [-0.2, -0.15) is 0 Å². The largest absolute Gasteiger partial charge is 0.469 e. The van der Waals surface area contributed by atoms with E-state index in [0.29, 0.717) is 11.5 Å². The molecule has 4 bridgehead atoms. The van der Waals surface area contributed by atoms with Crippen molar-refractivity contribution in [1.82, 2.24) is 20.6 Å². The average molecular weight is 670 g/mol. The smallest absolute Gasteiger partial charge is 0.360 e. The van der Waals surface area contributed by atoms with Crippen molar-refractivity contribution in [3.63, 3.8) is 0 Å². The molecule has 13 heteroatoms. The van der Waals surface area contributed by atoms with Gasteiger partial charge in [0.2, 0.25) is 23.6 Å². The van der Waals surface area contributed by atoms with E-state index in [1.54, 1.807) is 27.7 Å². The standard InChI is InChI=1S/C36H39N5O8/c1-16(2)26-33-41-27(32-38-24(15-46-32)34(45)47-18(5)6)29(49-33)36-20-9-7-8-10-22(20)39-35(36)48-25-12-11-19(13-21(25)36)14-23(30(43)40-26)37-31(44)28(42)17(3)4/h7-13,15-18,23,26,28,35,39,42H,14H2,1-6H3,(H,37,44)(H,40,43)/t23-,26-,28-,35?,36-/m0/s1. The Labute approximate surface area is 282 Å². The highest BCUT2D eigenvalue weighted by molar-refractivity contribution is 5.90. The molecular formula is C36H39N5O8. The fourth-order valence-electron chi connectivity index (χ4n) is 6.76. The lowest BCUT2D eigenvalue weighted by Crippen LogP contribution is -2.52. The highest BCUT2D eigenvalue weighted by Crippen LogP contribution is 2.59. The van der Waals surface area contributed by atoms with E-state index in [4.69, 9.17) is 23.3 Å². The van der Waals surface area contributed by atoms with Crippen LogP contribution < -0.4 is 20.7 Å². The number of aliphatic hydroxyl groups excluding tert-OH is 1. The molecule has 0 saturated heterocycles. The number of hydrogen-bond donors (Lipinski definition) is 4. The summed E-state index contributed by atoms with van der Waals surface area (Å²) < 4.78 is 24.6. The molecule has 4 N–H and O–H groups in total. The number of esters is 1. The van der Waals surface area contributed by atoms with Gasteiger partial charge in [-0.25, -0.2) is 14.8 Å². The maximum atomic E-state index is 14.0. The van der Waals surface area contributed by atoms with Crippen LogP contribution in [-0.2, 0) is 26.2 Å². The van der Waals surface area contributed by atoms with Gasteiger partial charge in [-0.15, -0.1) is 0 Å². The van der Waals surface area contributed by atoms with E-state index in [1.165, 1.54) is 6.26 Å². The number of para-hydroxylation sites is 1. The van der Waals surface area contributed by atoms with E-state index in [1.807, 2.05) is 56.3 Å². The van der Waals surface area contributed by atoms with Crippen LogP contribution in [0.3, 0.4) is 0 Å². The Bertz CT molecular complexity index is 1950. The van der Waals surface area contributed by atoms with Crippen molar-refractivity contribution in [3.05, 3.63) is 82.8 Å². The number of aliphatic hydroxyl groups is 1. The molecule has 0 fully saturated rings. The van der Waals surface area contributed by atoms with Gasteiger partial charge in [0.1, 0.15) is 35.6 Å². The third-order valence-corrected chi connectivity index (χ3v) is 9.21. The van der Waals surface area contributed by atoms with Crippen LogP contribution in [0, 0.1) is 11.8 Å². The Morgan fingerprint density at radius 3 is 2.55 bits per heavy atom.